The standard InChI is InChI=1S/C19H25N3O4S/c1-11(20-12(2)23)9-24-15-7-13(8-15)10-25-17-6-5-16-18(22-17)27-19(21-16)26-14-3-4-14/h5-6,11,13-15H,3-4,7-10H2,1-2H3,(H,20,23)/t11-,13?,15?/m0/s1. The Balaban J connectivity index is 1.19. The predicted molar refractivity (Wildman–Crippen MR) is 102 cm³/mol. The zero-order chi connectivity index (χ0) is 18.8. The van der Waals surface area contributed by atoms with E-state index >= 15 is 0 Å². The molecule has 27 heavy (non-hydrogen) atoms. The van der Waals surface area contributed by atoms with E-state index in [4.69, 9.17) is 14.2 Å². The van der Waals surface area contributed by atoms with Crippen LogP contribution >= 0.6 is 11.3 Å². The second-order valence-corrected chi connectivity index (χ2v) is 8.42. The molecule has 0 unspecified atom stereocenters. The van der Waals surface area contributed by atoms with Crippen molar-refractivity contribution in [3.05, 3.63) is 12.1 Å². The molecule has 0 radical (unpaired) electrons. The highest BCUT2D eigenvalue weighted by Gasteiger charge is 2.31. The van der Waals surface area contributed by atoms with Crippen LogP contribution in [0.1, 0.15) is 39.5 Å². The number of carbonyl (C=O) groups is 1. The van der Waals surface area contributed by atoms with E-state index < -0.39 is 0 Å². The monoisotopic (exact) mass is 391 g/mol. The maximum atomic E-state index is 11.0. The zero-order valence-electron chi connectivity index (χ0n) is 15.6. The summed E-state index contributed by atoms with van der Waals surface area (Å²) in [5.74, 6) is 1.09. The van der Waals surface area contributed by atoms with Gasteiger partial charge in [0.2, 0.25) is 11.8 Å². The Kier molecular flexibility index (Phi) is 5.45. The molecule has 2 fully saturated rings. The molecule has 0 aromatic carbocycles. The summed E-state index contributed by atoms with van der Waals surface area (Å²) in [5, 5.41) is 3.52. The van der Waals surface area contributed by atoms with Gasteiger partial charge in [0.05, 0.1) is 19.3 Å². The van der Waals surface area contributed by atoms with Gasteiger partial charge < -0.3 is 19.5 Å². The summed E-state index contributed by atoms with van der Waals surface area (Å²) in [6, 6.07) is 3.84. The predicted octanol–water partition coefficient (Wildman–Crippen LogP) is 2.93. The Hall–Kier alpha value is -1.93. The Labute approximate surface area is 162 Å². The van der Waals surface area contributed by atoms with Gasteiger partial charge in [0.1, 0.15) is 11.6 Å². The zero-order valence-corrected chi connectivity index (χ0v) is 16.5. The Morgan fingerprint density at radius 3 is 2.85 bits per heavy atom. The molecule has 2 aliphatic carbocycles. The topological polar surface area (TPSA) is 82.6 Å². The van der Waals surface area contributed by atoms with E-state index in [1.165, 1.54) is 18.3 Å². The summed E-state index contributed by atoms with van der Waals surface area (Å²) in [5.41, 5.74) is 0.855. The van der Waals surface area contributed by atoms with Crippen molar-refractivity contribution in [2.24, 2.45) is 5.92 Å². The molecule has 1 atom stereocenters. The molecule has 2 saturated carbocycles. The van der Waals surface area contributed by atoms with Gasteiger partial charge in [0.25, 0.3) is 5.19 Å². The number of amides is 1. The van der Waals surface area contributed by atoms with Crippen molar-refractivity contribution in [3.8, 4) is 11.1 Å². The molecule has 0 bridgehead atoms. The first-order chi connectivity index (χ1) is 13.0. The summed E-state index contributed by atoms with van der Waals surface area (Å²) < 4.78 is 17.4. The number of pyridine rings is 1. The van der Waals surface area contributed by atoms with E-state index in [0.29, 0.717) is 36.3 Å². The van der Waals surface area contributed by atoms with Crippen molar-refractivity contribution in [3.63, 3.8) is 0 Å². The highest BCUT2D eigenvalue weighted by Crippen LogP contribution is 2.34. The van der Waals surface area contributed by atoms with Crippen molar-refractivity contribution in [2.75, 3.05) is 13.2 Å². The normalized spacial score (nSPS) is 22.9. The lowest BCUT2D eigenvalue weighted by atomic mass is 9.83. The second kappa shape index (κ2) is 7.98. The molecule has 4 rings (SSSR count). The number of ether oxygens (including phenoxy) is 3. The first-order valence-electron chi connectivity index (χ1n) is 9.51. The summed E-state index contributed by atoms with van der Waals surface area (Å²) in [4.78, 5) is 20.8. The van der Waals surface area contributed by atoms with Crippen LogP contribution in [0.3, 0.4) is 0 Å². The molecule has 0 aliphatic heterocycles. The molecule has 1 amide bonds. The fourth-order valence-electron chi connectivity index (χ4n) is 3.06. The van der Waals surface area contributed by atoms with Crippen LogP contribution in [-0.4, -0.2) is 47.3 Å². The van der Waals surface area contributed by atoms with Gasteiger partial charge >= 0.3 is 0 Å². The van der Waals surface area contributed by atoms with Gasteiger partial charge in [-0.1, -0.05) is 11.3 Å². The minimum absolute atomic E-state index is 0.0254. The maximum Gasteiger partial charge on any atom is 0.276 e. The van der Waals surface area contributed by atoms with Gasteiger partial charge in [-0.05, 0) is 44.6 Å². The summed E-state index contributed by atoms with van der Waals surface area (Å²) in [6.45, 7) is 4.66. The highest BCUT2D eigenvalue weighted by atomic mass is 32.1. The molecule has 0 saturated heterocycles. The van der Waals surface area contributed by atoms with Gasteiger partial charge in [-0.25, -0.2) is 9.97 Å². The van der Waals surface area contributed by atoms with Gasteiger partial charge in [0, 0.05) is 19.0 Å². The maximum absolute atomic E-state index is 11.0. The lowest BCUT2D eigenvalue weighted by Crippen LogP contribution is -2.40. The Bertz CT molecular complexity index is 801. The van der Waals surface area contributed by atoms with E-state index in [9.17, 15) is 4.79 Å². The fourth-order valence-corrected chi connectivity index (χ4v) is 3.91. The van der Waals surface area contributed by atoms with Crippen molar-refractivity contribution in [1.29, 1.82) is 0 Å². The Morgan fingerprint density at radius 1 is 1.30 bits per heavy atom. The van der Waals surface area contributed by atoms with E-state index in [-0.39, 0.29) is 18.1 Å². The molecular formula is C19H25N3O4S. The van der Waals surface area contributed by atoms with Crippen molar-refractivity contribution < 1.29 is 19.0 Å². The first-order valence-corrected chi connectivity index (χ1v) is 10.3. The molecule has 2 aliphatic rings. The third-order valence-electron chi connectivity index (χ3n) is 4.69. The third-order valence-corrected chi connectivity index (χ3v) is 5.55. The number of nitrogens with one attached hydrogen (secondary N) is 1. The van der Waals surface area contributed by atoms with Crippen LogP contribution in [0.25, 0.3) is 10.3 Å². The summed E-state index contributed by atoms with van der Waals surface area (Å²) in [6.07, 6.45) is 4.81. The average molecular weight is 391 g/mol. The molecule has 2 aromatic heterocycles. The van der Waals surface area contributed by atoms with Crippen molar-refractivity contribution in [1.82, 2.24) is 15.3 Å². The van der Waals surface area contributed by atoms with Crippen molar-refractivity contribution in [2.45, 2.75) is 57.8 Å². The lowest BCUT2D eigenvalue weighted by Gasteiger charge is -2.35. The van der Waals surface area contributed by atoms with Crippen molar-refractivity contribution >= 4 is 27.6 Å². The van der Waals surface area contributed by atoms with Crippen LogP contribution in [0.5, 0.6) is 11.1 Å². The molecule has 1 N–H and O–H groups in total. The molecule has 2 aromatic rings. The number of hydrogen-bond donors (Lipinski definition) is 1. The van der Waals surface area contributed by atoms with Crippen LogP contribution in [0.15, 0.2) is 12.1 Å². The Morgan fingerprint density at radius 2 is 2.11 bits per heavy atom. The van der Waals surface area contributed by atoms with E-state index in [0.717, 1.165) is 36.0 Å². The number of fused-ring (bicyclic) bond motifs is 1. The van der Waals surface area contributed by atoms with Crippen LogP contribution in [-0.2, 0) is 9.53 Å². The number of thiazole rings is 1. The second-order valence-electron chi connectivity index (χ2n) is 7.48. The minimum atomic E-state index is -0.0254. The fraction of sp³-hybridized carbons (Fsp3) is 0.632. The number of nitrogens with zero attached hydrogens (tertiary/aromatic N) is 2. The molecule has 146 valence electrons. The number of aromatic nitrogens is 2. The van der Waals surface area contributed by atoms with E-state index in [1.54, 1.807) is 0 Å². The number of rotatable bonds is 9. The first kappa shape index (κ1) is 18.4. The molecule has 8 heteroatoms. The summed E-state index contributed by atoms with van der Waals surface area (Å²) in [7, 11) is 0. The number of carbonyl (C=O) groups excluding carboxylic acids is 1. The quantitative estimate of drug-likeness (QED) is 0.708. The van der Waals surface area contributed by atoms with Gasteiger partial charge in [-0.15, -0.1) is 0 Å². The highest BCUT2D eigenvalue weighted by molar-refractivity contribution is 7.19. The van der Waals surface area contributed by atoms with Crippen LogP contribution in [0.2, 0.25) is 0 Å². The largest absolute Gasteiger partial charge is 0.477 e. The SMILES string of the molecule is CC(=O)N[C@@H](C)COC1CC(COc2ccc3nc(OC4CC4)sc3n2)C1. The summed E-state index contributed by atoms with van der Waals surface area (Å²) >= 11 is 1.47. The molecule has 7 nitrogen and oxygen atoms in total. The lowest BCUT2D eigenvalue weighted by molar-refractivity contribution is -0.120. The number of hydrogen-bond acceptors (Lipinski definition) is 7. The van der Waals surface area contributed by atoms with Crippen LogP contribution in [0, 0.1) is 5.92 Å². The molecular weight excluding hydrogens is 366 g/mol. The molecule has 2 heterocycles. The van der Waals surface area contributed by atoms with E-state index in [1.807, 2.05) is 19.1 Å². The van der Waals surface area contributed by atoms with Gasteiger partial charge in [0.15, 0.2) is 4.83 Å². The molecule has 0 spiro atoms. The minimum Gasteiger partial charge on any atom is -0.477 e. The third kappa shape index (κ3) is 5.07. The van der Waals surface area contributed by atoms with Gasteiger partial charge in [-0.2, -0.15) is 0 Å². The smallest absolute Gasteiger partial charge is 0.276 e. The van der Waals surface area contributed by atoms with Gasteiger partial charge in [-0.3, -0.25) is 4.79 Å². The van der Waals surface area contributed by atoms with E-state index in [2.05, 4.69) is 15.3 Å². The average Bonchev–Trinajstić information content (AvgIpc) is 3.29. The van der Waals surface area contributed by atoms with Crippen LogP contribution in [0.4, 0.5) is 0 Å². The van der Waals surface area contributed by atoms with Crippen LogP contribution < -0.4 is 14.8 Å².